The summed E-state index contributed by atoms with van der Waals surface area (Å²) in [6.45, 7) is 0. The molecule has 2 aliphatic heterocycles. The molecular weight excluding hydrogens is 260 g/mol. The van der Waals surface area contributed by atoms with Crippen molar-refractivity contribution in [3.05, 3.63) is 58.7 Å². The van der Waals surface area contributed by atoms with Gasteiger partial charge in [0.15, 0.2) is 5.78 Å². The number of hydrogen-bond acceptors (Lipinski definition) is 2. The molecule has 21 heavy (non-hydrogen) atoms. The number of carbonyl (C=O) groups is 1. The first kappa shape index (κ1) is 11.9. The summed E-state index contributed by atoms with van der Waals surface area (Å²) in [5.41, 5.74) is 4.84. The van der Waals surface area contributed by atoms with Gasteiger partial charge in [-0.25, -0.2) is 0 Å². The van der Waals surface area contributed by atoms with Crippen molar-refractivity contribution in [2.45, 2.75) is 37.9 Å². The third kappa shape index (κ3) is 1.49. The van der Waals surface area contributed by atoms with E-state index in [2.05, 4.69) is 36.4 Å². The molecule has 1 fully saturated rings. The highest BCUT2D eigenvalue weighted by atomic mass is 16.5. The van der Waals surface area contributed by atoms with Gasteiger partial charge in [-0.1, -0.05) is 36.4 Å². The van der Waals surface area contributed by atoms with Crippen LogP contribution in [0.1, 0.15) is 49.0 Å². The molecule has 4 aliphatic rings. The number of ketones is 1. The van der Waals surface area contributed by atoms with Gasteiger partial charge in [-0.05, 0) is 42.4 Å². The van der Waals surface area contributed by atoms with E-state index in [1.807, 2.05) is 0 Å². The highest BCUT2D eigenvalue weighted by molar-refractivity contribution is 6.04. The van der Waals surface area contributed by atoms with Crippen LogP contribution in [0.2, 0.25) is 0 Å². The van der Waals surface area contributed by atoms with Crippen LogP contribution in [0.15, 0.2) is 47.6 Å². The number of allylic oxidation sites excluding steroid dienone is 3. The van der Waals surface area contributed by atoms with Crippen molar-refractivity contribution >= 4 is 5.78 Å². The molecule has 2 nitrogen and oxygen atoms in total. The van der Waals surface area contributed by atoms with Gasteiger partial charge in [-0.2, -0.15) is 0 Å². The van der Waals surface area contributed by atoms with E-state index >= 15 is 0 Å². The van der Waals surface area contributed by atoms with Crippen LogP contribution >= 0.6 is 0 Å². The van der Waals surface area contributed by atoms with E-state index in [1.165, 1.54) is 29.5 Å². The van der Waals surface area contributed by atoms with Gasteiger partial charge >= 0.3 is 0 Å². The number of ether oxygens (including phenoxy) is 1. The highest BCUT2D eigenvalue weighted by Crippen LogP contribution is 2.61. The molecule has 0 saturated carbocycles. The Kier molecular flexibility index (Phi) is 2.37. The quantitative estimate of drug-likeness (QED) is 0.774. The Hall–Kier alpha value is -1.67. The van der Waals surface area contributed by atoms with Gasteiger partial charge in [0, 0.05) is 11.5 Å². The first-order chi connectivity index (χ1) is 10.3. The SMILES string of the molecule is O=C1C(C2=CCCCC2)=C[C@@H]2[C@H]1[C@@H]1O[C@H]2c2ccccc21. The minimum absolute atomic E-state index is 0.0124. The van der Waals surface area contributed by atoms with E-state index in [9.17, 15) is 4.79 Å². The van der Waals surface area contributed by atoms with Crippen molar-refractivity contribution in [2.75, 3.05) is 0 Å². The first-order valence-corrected chi connectivity index (χ1v) is 8.04. The molecule has 1 saturated heterocycles. The van der Waals surface area contributed by atoms with Crippen molar-refractivity contribution in [2.24, 2.45) is 11.8 Å². The monoisotopic (exact) mass is 278 g/mol. The smallest absolute Gasteiger partial charge is 0.169 e. The zero-order chi connectivity index (χ0) is 14.0. The van der Waals surface area contributed by atoms with Crippen molar-refractivity contribution in [1.82, 2.24) is 0 Å². The normalized spacial score (nSPS) is 36.3. The fourth-order valence-corrected chi connectivity index (χ4v) is 4.61. The molecule has 1 aromatic rings. The van der Waals surface area contributed by atoms with Crippen LogP contribution in [0.5, 0.6) is 0 Å². The van der Waals surface area contributed by atoms with Crippen LogP contribution in [0, 0.1) is 11.8 Å². The number of carbonyl (C=O) groups excluding carboxylic acids is 1. The summed E-state index contributed by atoms with van der Waals surface area (Å²) < 4.78 is 6.13. The third-order valence-electron chi connectivity index (χ3n) is 5.56. The average molecular weight is 278 g/mol. The predicted octanol–water partition coefficient (Wildman–Crippen LogP) is 4.05. The summed E-state index contributed by atoms with van der Waals surface area (Å²) in [7, 11) is 0. The van der Waals surface area contributed by atoms with Gasteiger partial charge in [0.05, 0.1) is 18.1 Å². The lowest BCUT2D eigenvalue weighted by molar-refractivity contribution is -0.120. The Morgan fingerprint density at radius 1 is 1.05 bits per heavy atom. The molecule has 106 valence electrons. The van der Waals surface area contributed by atoms with Gasteiger partial charge in [-0.3, -0.25) is 4.79 Å². The predicted molar refractivity (Wildman–Crippen MR) is 79.6 cm³/mol. The molecule has 0 amide bonds. The van der Waals surface area contributed by atoms with Crippen LogP contribution in [-0.4, -0.2) is 5.78 Å². The first-order valence-electron chi connectivity index (χ1n) is 8.04. The van der Waals surface area contributed by atoms with Gasteiger partial charge in [0.1, 0.15) is 0 Å². The van der Waals surface area contributed by atoms with Crippen LogP contribution in [0.3, 0.4) is 0 Å². The van der Waals surface area contributed by atoms with Crippen molar-refractivity contribution in [3.8, 4) is 0 Å². The second-order valence-electron chi connectivity index (χ2n) is 6.63. The van der Waals surface area contributed by atoms with Crippen molar-refractivity contribution < 1.29 is 9.53 Å². The maximum atomic E-state index is 12.9. The zero-order valence-electron chi connectivity index (χ0n) is 11.9. The lowest BCUT2D eigenvalue weighted by atomic mass is 9.77. The fraction of sp³-hybridized carbons (Fsp3) is 0.421. The van der Waals surface area contributed by atoms with Gasteiger partial charge < -0.3 is 4.74 Å². The van der Waals surface area contributed by atoms with Crippen molar-refractivity contribution in [1.29, 1.82) is 0 Å². The van der Waals surface area contributed by atoms with E-state index < -0.39 is 0 Å². The van der Waals surface area contributed by atoms with Crippen LogP contribution in [0.25, 0.3) is 0 Å². The summed E-state index contributed by atoms with van der Waals surface area (Å²) in [6, 6.07) is 8.41. The molecule has 0 unspecified atom stereocenters. The number of benzene rings is 1. The van der Waals surface area contributed by atoms with Crippen LogP contribution in [0.4, 0.5) is 0 Å². The van der Waals surface area contributed by atoms with Gasteiger partial charge in [-0.15, -0.1) is 0 Å². The van der Waals surface area contributed by atoms with E-state index in [0.717, 1.165) is 18.4 Å². The average Bonchev–Trinajstić information content (AvgIpc) is 3.18. The lowest BCUT2D eigenvalue weighted by Crippen LogP contribution is -2.23. The second-order valence-corrected chi connectivity index (χ2v) is 6.63. The second kappa shape index (κ2) is 4.17. The summed E-state index contributed by atoms with van der Waals surface area (Å²) >= 11 is 0. The largest absolute Gasteiger partial charge is 0.364 e. The molecule has 0 radical (unpaired) electrons. The molecule has 2 heteroatoms. The summed E-state index contributed by atoms with van der Waals surface area (Å²) in [6.07, 6.45) is 9.27. The molecule has 5 rings (SSSR count). The molecule has 2 bridgehead atoms. The lowest BCUT2D eigenvalue weighted by Gasteiger charge is -2.22. The highest BCUT2D eigenvalue weighted by Gasteiger charge is 2.57. The topological polar surface area (TPSA) is 26.3 Å². The van der Waals surface area contributed by atoms with Crippen molar-refractivity contribution in [3.63, 3.8) is 0 Å². The van der Waals surface area contributed by atoms with Crippen LogP contribution < -0.4 is 0 Å². The summed E-state index contributed by atoms with van der Waals surface area (Å²) in [5.74, 6) is 0.619. The van der Waals surface area contributed by atoms with Crippen LogP contribution in [-0.2, 0) is 9.53 Å². The Bertz CT molecular complexity index is 697. The Morgan fingerprint density at radius 2 is 1.86 bits per heavy atom. The zero-order valence-corrected chi connectivity index (χ0v) is 11.9. The maximum Gasteiger partial charge on any atom is 0.169 e. The number of rotatable bonds is 1. The summed E-state index contributed by atoms with van der Waals surface area (Å²) in [5, 5.41) is 0. The Labute approximate surface area is 124 Å². The third-order valence-corrected chi connectivity index (χ3v) is 5.56. The molecule has 0 aromatic heterocycles. The molecule has 2 heterocycles. The number of Topliss-reactive ketones (excluding diaryl/α,β-unsaturated/α-hetero) is 1. The standard InChI is InChI=1S/C19H18O2/c20-17-14(11-6-2-1-3-7-11)10-15-16(17)19-13-9-5-4-8-12(13)18(15)21-19/h4-6,8-10,15-16,18-19H,1-3,7H2/t15-,16-,18+,19-/m1/s1. The summed E-state index contributed by atoms with van der Waals surface area (Å²) in [4.78, 5) is 12.9. The minimum Gasteiger partial charge on any atom is -0.364 e. The molecular formula is C19H18O2. The maximum absolute atomic E-state index is 12.9. The molecule has 2 aliphatic carbocycles. The molecule has 1 aromatic carbocycles. The molecule has 0 spiro atoms. The number of fused-ring (bicyclic) bond motifs is 8. The van der Waals surface area contributed by atoms with E-state index in [-0.39, 0.29) is 24.0 Å². The van der Waals surface area contributed by atoms with E-state index in [1.54, 1.807) is 0 Å². The Morgan fingerprint density at radius 3 is 2.62 bits per heavy atom. The number of hydrogen-bond donors (Lipinski definition) is 0. The Balaban J connectivity index is 1.56. The minimum atomic E-state index is -0.0124. The van der Waals surface area contributed by atoms with Gasteiger partial charge in [0.2, 0.25) is 0 Å². The molecule has 0 N–H and O–H groups in total. The van der Waals surface area contributed by atoms with E-state index in [0.29, 0.717) is 5.78 Å². The molecule has 4 atom stereocenters. The fourth-order valence-electron chi connectivity index (χ4n) is 4.61. The van der Waals surface area contributed by atoms with E-state index in [4.69, 9.17) is 4.74 Å². The van der Waals surface area contributed by atoms with Gasteiger partial charge in [0.25, 0.3) is 0 Å².